The van der Waals surface area contributed by atoms with Crippen LogP contribution in [0.2, 0.25) is 0 Å². The van der Waals surface area contributed by atoms with E-state index in [2.05, 4.69) is 40.7 Å². The van der Waals surface area contributed by atoms with E-state index in [0.717, 1.165) is 0 Å². The monoisotopic (exact) mass is 1010 g/mol. The maximum atomic E-state index is 13.5. The van der Waals surface area contributed by atoms with Crippen molar-refractivity contribution in [3.8, 4) is 0 Å². The minimum atomic E-state index is -1.31. The highest BCUT2D eigenvalue weighted by atomic mass is 16.7. The molecule has 1 unspecified atom stereocenters. The van der Waals surface area contributed by atoms with Crippen molar-refractivity contribution in [1.29, 1.82) is 0 Å². The van der Waals surface area contributed by atoms with Crippen LogP contribution in [0.5, 0.6) is 0 Å². The third-order valence-electron chi connectivity index (χ3n) is 12.1. The molecule has 0 saturated carbocycles. The van der Waals surface area contributed by atoms with Crippen LogP contribution < -0.4 is 0 Å². The number of aryl methyl sites for hydroxylation is 2. The smallest absolute Gasteiger partial charge is 0.338 e. The maximum Gasteiger partial charge on any atom is 0.338 e. The van der Waals surface area contributed by atoms with E-state index in [9.17, 15) is 24.7 Å². The van der Waals surface area contributed by atoms with Crippen molar-refractivity contribution >= 4 is 23.9 Å². The second kappa shape index (κ2) is 25.2. The second-order valence-corrected chi connectivity index (χ2v) is 17.1. The first-order valence-electron chi connectivity index (χ1n) is 23.5. The van der Waals surface area contributed by atoms with Gasteiger partial charge >= 0.3 is 23.9 Å². The lowest BCUT2D eigenvalue weighted by atomic mass is 9.90. The van der Waals surface area contributed by atoms with Crippen molar-refractivity contribution in [3.63, 3.8) is 0 Å². The Labute approximate surface area is 422 Å². The average molecular weight is 1010 g/mol. The van der Waals surface area contributed by atoms with Crippen LogP contribution in [0.15, 0.2) is 144 Å². The van der Waals surface area contributed by atoms with Crippen molar-refractivity contribution in [1.82, 2.24) is 30.0 Å². The van der Waals surface area contributed by atoms with Gasteiger partial charge in [-0.15, -0.1) is 10.2 Å². The number of carbonyl (C=O) groups excluding carboxylic acids is 4. The van der Waals surface area contributed by atoms with Gasteiger partial charge in [0.25, 0.3) is 0 Å². The number of hydrogen-bond acceptors (Lipinski definition) is 18. The van der Waals surface area contributed by atoms with Crippen LogP contribution in [-0.2, 0) is 64.2 Å². The Morgan fingerprint density at radius 3 is 1.31 bits per heavy atom. The van der Waals surface area contributed by atoms with E-state index in [0.29, 0.717) is 24.5 Å². The van der Waals surface area contributed by atoms with Gasteiger partial charge in [-0.3, -0.25) is 9.36 Å². The number of azide groups is 2. The molecule has 2 saturated heterocycles. The first-order chi connectivity index (χ1) is 36.1. The molecule has 0 spiro atoms. The first-order valence-corrected chi connectivity index (χ1v) is 23.5. The molecule has 74 heavy (non-hydrogen) atoms. The highest BCUT2D eigenvalue weighted by Gasteiger charge is 2.50. The molecule has 4 heterocycles. The Hall–Kier alpha value is -8.50. The third kappa shape index (κ3) is 13.3. The zero-order valence-corrected chi connectivity index (χ0v) is 40.0. The number of carbonyl (C=O) groups is 4. The predicted octanol–water partition coefficient (Wildman–Crippen LogP) is 6.85. The zero-order chi connectivity index (χ0) is 51.8. The molecule has 4 aromatic carbocycles. The fraction of sp³-hybridized carbons (Fsp3) is 0.360. The summed E-state index contributed by atoms with van der Waals surface area (Å²) in [5.74, 6) is -4.06. The van der Waals surface area contributed by atoms with Crippen LogP contribution in [0.1, 0.15) is 66.7 Å². The lowest BCUT2D eigenvalue weighted by molar-refractivity contribution is -0.283. The van der Waals surface area contributed by atoms with Crippen molar-refractivity contribution in [2.24, 2.45) is 22.1 Å². The molecule has 6 aromatic rings. The van der Waals surface area contributed by atoms with Crippen LogP contribution in [-0.4, -0.2) is 116 Å². The fourth-order valence-electron chi connectivity index (χ4n) is 8.24. The summed E-state index contributed by atoms with van der Waals surface area (Å²) >= 11 is 0. The minimum absolute atomic E-state index is 0.0957. The van der Waals surface area contributed by atoms with Crippen molar-refractivity contribution in [2.75, 3.05) is 13.1 Å². The molecule has 0 amide bonds. The van der Waals surface area contributed by atoms with Gasteiger partial charge in [0, 0.05) is 21.7 Å². The molecule has 0 N–H and O–H groups in total. The van der Waals surface area contributed by atoms with Crippen LogP contribution in [0.4, 0.5) is 0 Å². The highest BCUT2D eigenvalue weighted by molar-refractivity contribution is 5.91. The van der Waals surface area contributed by atoms with Gasteiger partial charge < -0.3 is 37.9 Å². The predicted molar refractivity (Wildman–Crippen MR) is 256 cm³/mol. The molecule has 24 heteroatoms. The van der Waals surface area contributed by atoms with E-state index >= 15 is 0 Å². The second-order valence-electron chi connectivity index (χ2n) is 17.1. The Kier molecular flexibility index (Phi) is 17.7. The quantitative estimate of drug-likeness (QED) is 0.0234. The molecule has 10 atom stereocenters. The molecule has 382 valence electrons. The average Bonchev–Trinajstić information content (AvgIpc) is 4.11. The summed E-state index contributed by atoms with van der Waals surface area (Å²) in [6.07, 6.45) is -5.54. The SMILES string of the molecule is C[C@H]1[C@H](OC(=O)c2ccccc2)[C@H](OC(=O)c2ccccc2)[C@@H](OCc2cn(CCn3cc(COC4O[C@H](CN=[N+]=[N-])[C@@H](OC(=O)c5ccccc5)[C@H](OC(=O)c5ccccc5)[C@@H]4C)nn3)nn2)O[C@@H]1CN=[N+]=[N-]. The van der Waals surface area contributed by atoms with Crippen LogP contribution >= 0.6 is 0 Å². The van der Waals surface area contributed by atoms with Crippen molar-refractivity contribution in [3.05, 3.63) is 188 Å². The normalized spacial score (nSPS) is 23.3. The van der Waals surface area contributed by atoms with E-state index in [-0.39, 0.29) is 48.6 Å². The van der Waals surface area contributed by atoms with E-state index < -0.39 is 84.9 Å². The van der Waals surface area contributed by atoms with E-state index in [1.54, 1.807) is 157 Å². The van der Waals surface area contributed by atoms with Gasteiger partial charge in [0.1, 0.15) is 29.7 Å². The largest absolute Gasteiger partial charge is 0.454 e. The zero-order valence-electron chi connectivity index (χ0n) is 40.0. The molecule has 0 bridgehead atoms. The summed E-state index contributed by atoms with van der Waals surface area (Å²) in [7, 11) is 0. The number of esters is 4. The summed E-state index contributed by atoms with van der Waals surface area (Å²) in [6, 6.07) is 33.2. The molecule has 0 aliphatic carbocycles. The number of benzene rings is 4. The summed E-state index contributed by atoms with van der Waals surface area (Å²) in [5.41, 5.74) is 20.2. The Bertz CT molecular complexity index is 2920. The molecular formula is C50H50N12O12. The minimum Gasteiger partial charge on any atom is -0.454 e. The summed E-state index contributed by atoms with van der Waals surface area (Å²) in [4.78, 5) is 59.4. The number of nitrogens with zero attached hydrogens (tertiary/aromatic N) is 12. The van der Waals surface area contributed by atoms with Crippen LogP contribution in [0.25, 0.3) is 20.9 Å². The highest BCUT2D eigenvalue weighted by Crippen LogP contribution is 2.35. The molecule has 8 rings (SSSR count). The molecule has 2 aliphatic rings. The lowest BCUT2D eigenvalue weighted by Crippen LogP contribution is -2.58. The van der Waals surface area contributed by atoms with E-state index in [1.807, 2.05) is 0 Å². The van der Waals surface area contributed by atoms with Gasteiger partial charge in [0.05, 0.1) is 80.1 Å². The van der Waals surface area contributed by atoms with Gasteiger partial charge in [0.15, 0.2) is 24.8 Å². The maximum absolute atomic E-state index is 13.5. The van der Waals surface area contributed by atoms with Crippen LogP contribution in [0.3, 0.4) is 0 Å². The topological polar surface area (TPSA) is 301 Å². The Morgan fingerprint density at radius 2 is 0.878 bits per heavy atom. The number of ether oxygens (including phenoxy) is 8. The summed E-state index contributed by atoms with van der Waals surface area (Å²) in [5, 5.41) is 24.3. The van der Waals surface area contributed by atoms with Gasteiger partial charge in [-0.25, -0.2) is 19.2 Å². The first kappa shape index (κ1) is 51.8. The number of hydrogen-bond donors (Lipinski definition) is 0. The molecule has 0 radical (unpaired) electrons. The Morgan fingerprint density at radius 1 is 0.514 bits per heavy atom. The standard InChI is InChI=1S/C50H50N12O12/c1-31-39(25-53-57-51)69-50(44(74-48(66)36-21-13-6-14-22-36)41(31)71-45(63)33-15-7-3-8-16-33)68-30-38-28-62(60-56-38)24-23-61-27-37(55-59-61)29-67-49-32(2)42(72-46(64)34-17-9-4-10-18-34)43(40(70-49)26-54-58-52)73-47(65)35-19-11-5-12-20-35/h3-22,27-28,31-32,39-44,49-50H,23-26,29-30H2,1-2H3/t31-,32+,39-,40-,41+,42-,43-,44+,49?,50+/m1/s1. The van der Waals surface area contributed by atoms with Crippen molar-refractivity contribution < 1.29 is 57.1 Å². The molecule has 2 aliphatic heterocycles. The number of aromatic nitrogens is 6. The molecule has 24 nitrogen and oxygen atoms in total. The third-order valence-corrected chi connectivity index (χ3v) is 12.1. The molecule has 2 fully saturated rings. The molecular weight excluding hydrogens is 961 g/mol. The summed E-state index contributed by atoms with van der Waals surface area (Å²) < 4.78 is 52.0. The Balaban J connectivity index is 0.909. The molecule has 2 aromatic heterocycles. The van der Waals surface area contributed by atoms with Gasteiger partial charge in [-0.05, 0) is 59.6 Å². The van der Waals surface area contributed by atoms with Crippen molar-refractivity contribution in [2.45, 2.75) is 89.4 Å². The van der Waals surface area contributed by atoms with E-state index in [4.69, 9.17) is 43.4 Å². The van der Waals surface area contributed by atoms with E-state index in [1.165, 1.54) is 0 Å². The lowest BCUT2D eigenvalue weighted by Gasteiger charge is -2.44. The number of rotatable bonds is 21. The van der Waals surface area contributed by atoms with Gasteiger partial charge in [0.2, 0.25) is 0 Å². The van der Waals surface area contributed by atoms with Gasteiger partial charge in [-0.2, -0.15) is 0 Å². The van der Waals surface area contributed by atoms with Crippen LogP contribution in [0, 0.1) is 11.8 Å². The van der Waals surface area contributed by atoms with Gasteiger partial charge in [-0.1, -0.05) is 107 Å². The summed E-state index contributed by atoms with van der Waals surface area (Å²) in [6.45, 7) is 3.37. The fourth-order valence-corrected chi connectivity index (χ4v) is 8.24.